The third-order valence-electron chi connectivity index (χ3n) is 10.2. The van der Waals surface area contributed by atoms with E-state index in [2.05, 4.69) is 118 Å². The van der Waals surface area contributed by atoms with Gasteiger partial charge in [0.25, 0.3) is 0 Å². The number of furan rings is 1. The minimum absolute atomic E-state index is 0. The molecule has 0 atom stereocenters. The van der Waals surface area contributed by atoms with Crippen LogP contribution in [0.2, 0.25) is 19.6 Å². The molecule has 4 aromatic heterocycles. The molecule has 4 nitrogen and oxygen atoms in total. The molecule has 273 valence electrons. The molecule has 0 bridgehead atoms. The van der Waals surface area contributed by atoms with Crippen molar-refractivity contribution < 1.29 is 24.5 Å². The zero-order valence-corrected chi connectivity index (χ0v) is 35.2. The molecule has 0 amide bonds. The standard InChI is InChI=1S/C27H23N2O.C20H26NSi.Ir/c1-17(2)14-19-12-13-28-24(16-19)21-10-7-11-22-25-18(3)15-23(20-8-5-4-6-9-20)29-27(25)30-26(21)22;1-22(2,3)20-15-21-19(17-11-5-4-6-12-17)14-18(20)13-16-9-7-8-10-16;/h4-9,11-13,15-17H,14H2,1-3H3;4-6,11,14-16H,7-10,13H2,1-3H3;/q2*-1;. The molecule has 1 saturated carbocycles. The van der Waals surface area contributed by atoms with Gasteiger partial charge in [0.2, 0.25) is 5.71 Å². The fourth-order valence-corrected chi connectivity index (χ4v) is 9.24. The number of aromatic nitrogens is 3. The summed E-state index contributed by atoms with van der Waals surface area (Å²) in [7, 11) is -1.35. The largest absolute Gasteiger partial charge is 0.486 e. The molecular weight excluding hydrogens is 843 g/mol. The summed E-state index contributed by atoms with van der Waals surface area (Å²) in [6, 6.07) is 37.7. The fourth-order valence-electron chi connectivity index (χ4n) is 7.65. The Kier molecular flexibility index (Phi) is 12.2. The van der Waals surface area contributed by atoms with Crippen LogP contribution in [0.1, 0.15) is 56.2 Å². The van der Waals surface area contributed by atoms with Crippen molar-refractivity contribution >= 4 is 35.3 Å². The second kappa shape index (κ2) is 16.8. The number of rotatable bonds is 8. The molecule has 4 heterocycles. The van der Waals surface area contributed by atoms with Crippen LogP contribution >= 0.6 is 0 Å². The van der Waals surface area contributed by atoms with E-state index < -0.39 is 8.07 Å². The molecule has 7 aromatic rings. The molecule has 3 aromatic carbocycles. The number of fused-ring (bicyclic) bond motifs is 3. The van der Waals surface area contributed by atoms with Crippen LogP contribution in [-0.2, 0) is 32.9 Å². The summed E-state index contributed by atoms with van der Waals surface area (Å²) in [5.41, 5.74) is 11.4. The molecule has 0 saturated heterocycles. The van der Waals surface area contributed by atoms with Gasteiger partial charge in [-0.05, 0) is 65.9 Å². The van der Waals surface area contributed by atoms with Crippen LogP contribution in [0, 0.1) is 30.9 Å². The molecule has 1 aliphatic carbocycles. The minimum Gasteiger partial charge on any atom is -0.486 e. The smallest absolute Gasteiger partial charge is 0.216 e. The molecule has 0 N–H and O–H groups in total. The van der Waals surface area contributed by atoms with Crippen LogP contribution in [0.15, 0.2) is 108 Å². The molecule has 1 radical (unpaired) electrons. The summed E-state index contributed by atoms with van der Waals surface area (Å²) in [4.78, 5) is 14.2. The quantitative estimate of drug-likeness (QED) is 0.113. The molecular formula is C47H49IrN3OSi-2. The number of hydrogen-bond acceptors (Lipinski definition) is 4. The van der Waals surface area contributed by atoms with Gasteiger partial charge in [-0.1, -0.05) is 124 Å². The zero-order chi connectivity index (χ0) is 36.2. The van der Waals surface area contributed by atoms with Gasteiger partial charge in [-0.3, -0.25) is 0 Å². The maximum atomic E-state index is 6.32. The Morgan fingerprint density at radius 2 is 1.60 bits per heavy atom. The summed E-state index contributed by atoms with van der Waals surface area (Å²) in [6.07, 6.45) is 11.9. The third-order valence-corrected chi connectivity index (χ3v) is 12.2. The second-order valence-corrected chi connectivity index (χ2v) is 20.9. The second-order valence-electron chi connectivity index (χ2n) is 15.8. The van der Waals surface area contributed by atoms with E-state index in [1.54, 1.807) is 10.8 Å². The van der Waals surface area contributed by atoms with Gasteiger partial charge in [0, 0.05) is 43.4 Å². The molecule has 53 heavy (non-hydrogen) atoms. The summed E-state index contributed by atoms with van der Waals surface area (Å²) in [5, 5.41) is 3.65. The first-order valence-electron chi connectivity index (χ1n) is 18.9. The number of nitrogens with zero attached hydrogens (tertiary/aromatic N) is 3. The van der Waals surface area contributed by atoms with Crippen molar-refractivity contribution in [2.75, 3.05) is 0 Å². The van der Waals surface area contributed by atoms with Crippen molar-refractivity contribution in [3.8, 4) is 33.8 Å². The van der Waals surface area contributed by atoms with Crippen molar-refractivity contribution in [2.45, 2.75) is 78.9 Å². The van der Waals surface area contributed by atoms with Crippen molar-refractivity contribution in [1.29, 1.82) is 0 Å². The van der Waals surface area contributed by atoms with Crippen LogP contribution < -0.4 is 5.19 Å². The van der Waals surface area contributed by atoms with E-state index in [9.17, 15) is 0 Å². The topological polar surface area (TPSA) is 51.8 Å². The van der Waals surface area contributed by atoms with Crippen molar-refractivity contribution in [3.05, 3.63) is 132 Å². The van der Waals surface area contributed by atoms with E-state index in [0.29, 0.717) is 11.6 Å². The Morgan fingerprint density at radius 1 is 0.830 bits per heavy atom. The van der Waals surface area contributed by atoms with Gasteiger partial charge in [0.1, 0.15) is 0 Å². The number of aryl methyl sites for hydroxylation is 1. The average molecular weight is 892 g/mol. The first kappa shape index (κ1) is 38.5. The Bertz CT molecular complexity index is 2290. The van der Waals surface area contributed by atoms with E-state index in [1.165, 1.54) is 37.7 Å². The molecule has 8 rings (SSSR count). The van der Waals surface area contributed by atoms with Crippen molar-refractivity contribution in [1.82, 2.24) is 15.0 Å². The Balaban J connectivity index is 0.000000187. The predicted molar refractivity (Wildman–Crippen MR) is 219 cm³/mol. The van der Waals surface area contributed by atoms with Gasteiger partial charge in [0.15, 0.2) is 0 Å². The van der Waals surface area contributed by atoms with Crippen LogP contribution in [0.3, 0.4) is 0 Å². The van der Waals surface area contributed by atoms with Gasteiger partial charge >= 0.3 is 0 Å². The van der Waals surface area contributed by atoms with E-state index in [4.69, 9.17) is 14.4 Å². The Morgan fingerprint density at radius 3 is 2.32 bits per heavy atom. The SMILES string of the molecule is C[Si](C)(C)c1cnc(-c2[c-]cccc2)cc1CC1CCCC1.Cc1cc(-c2ccccc2)nc2oc3c(-c4cc(CC(C)C)ccn4)[c-]ccc3c12.[Ir]. The number of benzene rings is 3. The summed E-state index contributed by atoms with van der Waals surface area (Å²) >= 11 is 0. The first-order chi connectivity index (χ1) is 25.1. The predicted octanol–water partition coefficient (Wildman–Crippen LogP) is 11.8. The summed E-state index contributed by atoms with van der Waals surface area (Å²) in [6.45, 7) is 13.8. The van der Waals surface area contributed by atoms with Crippen LogP contribution in [0.4, 0.5) is 0 Å². The molecule has 1 aliphatic rings. The minimum atomic E-state index is -1.35. The molecule has 6 heteroatoms. The monoisotopic (exact) mass is 892 g/mol. The van der Waals surface area contributed by atoms with E-state index in [-0.39, 0.29) is 20.1 Å². The van der Waals surface area contributed by atoms with Gasteiger partial charge in [-0.2, -0.15) is 0 Å². The van der Waals surface area contributed by atoms with Crippen molar-refractivity contribution in [3.63, 3.8) is 0 Å². The van der Waals surface area contributed by atoms with Crippen LogP contribution in [-0.4, -0.2) is 23.0 Å². The van der Waals surface area contributed by atoms with Gasteiger partial charge in [-0.25, -0.2) is 4.98 Å². The molecule has 0 spiro atoms. The summed E-state index contributed by atoms with van der Waals surface area (Å²) in [5.74, 6) is 1.47. The van der Waals surface area contributed by atoms with Gasteiger partial charge in [-0.15, -0.1) is 54.1 Å². The molecule has 0 aliphatic heterocycles. The molecule has 0 unspecified atom stereocenters. The maximum absolute atomic E-state index is 6.32. The van der Waals surface area contributed by atoms with Crippen molar-refractivity contribution in [2.24, 2.45) is 11.8 Å². The van der Waals surface area contributed by atoms with Gasteiger partial charge in [0.05, 0.1) is 19.4 Å². The van der Waals surface area contributed by atoms with E-state index >= 15 is 0 Å². The van der Waals surface area contributed by atoms with Gasteiger partial charge < -0.3 is 14.4 Å². The van der Waals surface area contributed by atoms with E-state index in [0.717, 1.165) is 68.0 Å². The maximum Gasteiger partial charge on any atom is 0.216 e. The summed E-state index contributed by atoms with van der Waals surface area (Å²) < 4.78 is 6.32. The Hall–Kier alpha value is -4.22. The third kappa shape index (κ3) is 8.95. The number of hydrogen-bond donors (Lipinski definition) is 0. The van der Waals surface area contributed by atoms with Crippen LogP contribution in [0.25, 0.3) is 55.8 Å². The van der Waals surface area contributed by atoms with E-state index in [1.807, 2.05) is 42.6 Å². The number of pyridine rings is 3. The van der Waals surface area contributed by atoms with Crippen LogP contribution in [0.5, 0.6) is 0 Å². The first-order valence-corrected chi connectivity index (χ1v) is 22.4. The Labute approximate surface area is 329 Å². The normalized spacial score (nSPS) is 13.3. The zero-order valence-electron chi connectivity index (χ0n) is 31.8. The fraction of sp³-hybridized carbons (Fsp3) is 0.298. The average Bonchev–Trinajstić information content (AvgIpc) is 3.80. The molecule has 1 fully saturated rings.